The third kappa shape index (κ3) is 5.73. The van der Waals surface area contributed by atoms with E-state index in [9.17, 15) is 9.90 Å². The first kappa shape index (κ1) is 17.5. The van der Waals surface area contributed by atoms with Crippen LogP contribution < -0.4 is 20.1 Å². The zero-order chi connectivity index (χ0) is 15.9. The Morgan fingerprint density at radius 3 is 2.57 bits per heavy atom. The van der Waals surface area contributed by atoms with Crippen molar-refractivity contribution in [3.8, 4) is 11.5 Å². The summed E-state index contributed by atoms with van der Waals surface area (Å²) in [6, 6.07) is 4.70. The molecule has 1 atom stereocenters. The Bertz CT molecular complexity index is 480. The number of rotatable bonds is 7. The third-order valence-electron chi connectivity index (χ3n) is 2.73. The summed E-state index contributed by atoms with van der Waals surface area (Å²) in [5.41, 5.74) is -0.358. The van der Waals surface area contributed by atoms with Gasteiger partial charge in [-0.15, -0.1) is 0 Å². The quantitative estimate of drug-likeness (QED) is 0.717. The minimum atomic E-state index is -0.936. The van der Waals surface area contributed by atoms with E-state index in [1.54, 1.807) is 32.2 Å². The van der Waals surface area contributed by atoms with Crippen LogP contribution in [0.25, 0.3) is 0 Å². The number of ether oxygens (including phenoxy) is 2. The largest absolute Gasteiger partial charge is 0.493 e. The van der Waals surface area contributed by atoms with Crippen molar-refractivity contribution in [2.75, 3.05) is 38.1 Å². The van der Waals surface area contributed by atoms with Gasteiger partial charge in [-0.2, -0.15) is 11.8 Å². The van der Waals surface area contributed by atoms with E-state index < -0.39 is 5.60 Å². The molecule has 1 aromatic carbocycles. The predicted molar refractivity (Wildman–Crippen MR) is 85.6 cm³/mol. The molecule has 0 spiro atoms. The zero-order valence-corrected chi connectivity index (χ0v) is 13.5. The second kappa shape index (κ2) is 7.99. The molecule has 0 heterocycles. The van der Waals surface area contributed by atoms with Crippen LogP contribution in [0.3, 0.4) is 0 Å². The van der Waals surface area contributed by atoms with Gasteiger partial charge in [0.25, 0.3) is 0 Å². The van der Waals surface area contributed by atoms with Crippen LogP contribution in [-0.2, 0) is 0 Å². The molecule has 0 saturated heterocycles. The second-order valence-corrected chi connectivity index (χ2v) is 5.67. The Kier molecular flexibility index (Phi) is 6.64. The number of nitrogens with one attached hydrogen (secondary N) is 2. The fraction of sp³-hybridized carbons (Fsp3) is 0.500. The van der Waals surface area contributed by atoms with Gasteiger partial charge in [0.2, 0.25) is 0 Å². The van der Waals surface area contributed by atoms with Gasteiger partial charge in [0.05, 0.1) is 19.8 Å². The first-order valence-corrected chi connectivity index (χ1v) is 7.79. The molecule has 0 saturated carbocycles. The molecule has 0 aliphatic heterocycles. The fourth-order valence-corrected chi connectivity index (χ4v) is 2.45. The van der Waals surface area contributed by atoms with Gasteiger partial charge in [0.1, 0.15) is 0 Å². The van der Waals surface area contributed by atoms with Crippen LogP contribution in [-0.4, -0.2) is 49.5 Å². The van der Waals surface area contributed by atoms with Crippen molar-refractivity contribution in [2.45, 2.75) is 12.5 Å². The van der Waals surface area contributed by atoms with Gasteiger partial charge in [-0.1, -0.05) is 0 Å². The van der Waals surface area contributed by atoms with Gasteiger partial charge in [-0.05, 0) is 25.3 Å². The first-order chi connectivity index (χ1) is 9.91. The molecule has 7 heteroatoms. The number of thioether (sulfide) groups is 1. The SMILES string of the molecule is COc1ccc(NC(=O)NC[C@](C)(O)CSC)cc1OC. The minimum absolute atomic E-state index is 0.174. The number of anilines is 1. The Morgan fingerprint density at radius 1 is 1.33 bits per heavy atom. The normalized spacial score (nSPS) is 13.2. The highest BCUT2D eigenvalue weighted by molar-refractivity contribution is 7.98. The van der Waals surface area contributed by atoms with E-state index in [2.05, 4.69) is 10.6 Å². The van der Waals surface area contributed by atoms with Crippen molar-refractivity contribution in [3.63, 3.8) is 0 Å². The summed E-state index contributed by atoms with van der Waals surface area (Å²) in [5, 5.41) is 15.3. The maximum absolute atomic E-state index is 11.8. The zero-order valence-electron chi connectivity index (χ0n) is 12.7. The number of aliphatic hydroxyl groups is 1. The lowest BCUT2D eigenvalue weighted by molar-refractivity contribution is 0.0876. The molecule has 1 aromatic rings. The Balaban J connectivity index is 2.59. The number of carbonyl (C=O) groups excluding carboxylic acids is 1. The minimum Gasteiger partial charge on any atom is -0.493 e. The van der Waals surface area contributed by atoms with Crippen LogP contribution in [0, 0.1) is 0 Å². The van der Waals surface area contributed by atoms with E-state index in [0.717, 1.165) is 0 Å². The van der Waals surface area contributed by atoms with Crippen LogP contribution in [0.1, 0.15) is 6.92 Å². The first-order valence-electron chi connectivity index (χ1n) is 6.40. The number of amides is 2. The molecule has 0 aromatic heterocycles. The van der Waals surface area contributed by atoms with Crippen molar-refractivity contribution in [1.29, 1.82) is 0 Å². The molecule has 0 aliphatic rings. The number of carbonyl (C=O) groups is 1. The smallest absolute Gasteiger partial charge is 0.319 e. The molecule has 1 rings (SSSR count). The summed E-state index contributed by atoms with van der Waals surface area (Å²) in [7, 11) is 3.08. The van der Waals surface area contributed by atoms with Gasteiger partial charge >= 0.3 is 6.03 Å². The van der Waals surface area contributed by atoms with Crippen LogP contribution in [0.15, 0.2) is 18.2 Å². The molecule has 0 fully saturated rings. The van der Waals surface area contributed by atoms with Crippen molar-refractivity contribution in [2.24, 2.45) is 0 Å². The molecule has 0 bridgehead atoms. The third-order valence-corrected chi connectivity index (χ3v) is 3.64. The molecule has 2 amide bonds. The van der Waals surface area contributed by atoms with Gasteiger partial charge in [0, 0.05) is 24.1 Å². The number of hydrogen-bond donors (Lipinski definition) is 3. The highest BCUT2D eigenvalue weighted by atomic mass is 32.2. The standard InChI is InChI=1S/C14H22N2O4S/c1-14(18,9-21-4)8-15-13(17)16-10-5-6-11(19-2)12(7-10)20-3/h5-7,18H,8-9H2,1-4H3,(H2,15,16,17)/t14-/m0/s1. The number of urea groups is 1. The van der Waals surface area contributed by atoms with Gasteiger partial charge in [-0.3, -0.25) is 0 Å². The van der Waals surface area contributed by atoms with E-state index in [-0.39, 0.29) is 12.6 Å². The van der Waals surface area contributed by atoms with Crippen molar-refractivity contribution >= 4 is 23.5 Å². The van der Waals surface area contributed by atoms with Gasteiger partial charge in [0.15, 0.2) is 11.5 Å². The lowest BCUT2D eigenvalue weighted by Gasteiger charge is -2.22. The average Bonchev–Trinajstić information content (AvgIpc) is 2.45. The molecular formula is C14H22N2O4S. The highest BCUT2D eigenvalue weighted by Crippen LogP contribution is 2.29. The Morgan fingerprint density at radius 2 is 2.00 bits per heavy atom. The molecule has 21 heavy (non-hydrogen) atoms. The highest BCUT2D eigenvalue weighted by Gasteiger charge is 2.20. The molecule has 0 unspecified atom stereocenters. The molecule has 6 nitrogen and oxygen atoms in total. The monoisotopic (exact) mass is 314 g/mol. The summed E-state index contributed by atoms with van der Waals surface area (Å²) in [5.74, 6) is 1.67. The number of benzene rings is 1. The van der Waals surface area contributed by atoms with Crippen molar-refractivity contribution in [1.82, 2.24) is 5.32 Å². The summed E-state index contributed by atoms with van der Waals surface area (Å²) in [6.45, 7) is 1.85. The Labute approximate surface area is 129 Å². The fourth-order valence-electron chi connectivity index (χ4n) is 1.72. The average molecular weight is 314 g/mol. The van der Waals surface area contributed by atoms with Crippen LogP contribution in [0.4, 0.5) is 10.5 Å². The predicted octanol–water partition coefficient (Wildman–Crippen LogP) is 1.94. The second-order valence-electron chi connectivity index (χ2n) is 4.81. The molecule has 3 N–H and O–H groups in total. The number of methoxy groups -OCH3 is 2. The van der Waals surface area contributed by atoms with Crippen LogP contribution in [0.2, 0.25) is 0 Å². The van der Waals surface area contributed by atoms with Gasteiger partial charge < -0.3 is 25.2 Å². The molecule has 0 aliphatic carbocycles. The number of hydrogen-bond acceptors (Lipinski definition) is 5. The Hall–Kier alpha value is -1.60. The topological polar surface area (TPSA) is 79.8 Å². The van der Waals surface area contributed by atoms with Crippen LogP contribution in [0.5, 0.6) is 11.5 Å². The lowest BCUT2D eigenvalue weighted by atomic mass is 10.1. The summed E-state index contributed by atoms with van der Waals surface area (Å²) < 4.78 is 10.3. The van der Waals surface area contributed by atoms with Crippen LogP contribution >= 0.6 is 11.8 Å². The van der Waals surface area contributed by atoms with E-state index in [1.165, 1.54) is 18.9 Å². The van der Waals surface area contributed by atoms with Gasteiger partial charge in [-0.25, -0.2) is 4.79 Å². The summed E-state index contributed by atoms with van der Waals surface area (Å²) in [6.07, 6.45) is 1.90. The van der Waals surface area contributed by atoms with Crippen molar-refractivity contribution in [3.05, 3.63) is 18.2 Å². The maximum atomic E-state index is 11.8. The van der Waals surface area contributed by atoms with E-state index in [0.29, 0.717) is 22.9 Å². The lowest BCUT2D eigenvalue weighted by Crippen LogP contribution is -2.43. The molecular weight excluding hydrogens is 292 g/mol. The molecule has 0 radical (unpaired) electrons. The maximum Gasteiger partial charge on any atom is 0.319 e. The summed E-state index contributed by atoms with van der Waals surface area (Å²) in [4.78, 5) is 11.8. The van der Waals surface area contributed by atoms with E-state index in [4.69, 9.17) is 9.47 Å². The molecule has 118 valence electrons. The van der Waals surface area contributed by atoms with E-state index in [1.807, 2.05) is 6.26 Å². The van der Waals surface area contributed by atoms with Crippen molar-refractivity contribution < 1.29 is 19.4 Å². The summed E-state index contributed by atoms with van der Waals surface area (Å²) >= 11 is 1.52. The van der Waals surface area contributed by atoms with E-state index >= 15 is 0 Å².